The third kappa shape index (κ3) is 5.17. The van der Waals surface area contributed by atoms with Crippen molar-refractivity contribution in [2.75, 3.05) is 31.7 Å². The first-order valence-corrected chi connectivity index (χ1v) is 14.5. The standard InChI is InChI=1S/C31H35N3O4S/c1-5-11-24-27(30(36)38-6-2)28(23-12-7-8-13-25(23)37-4)34-29(35)26(39-31(34)32-24)19-21-14-15-22(18-20(21)3)33-16-9-10-17-33/h7-8,12-15,18-19,28H,5-6,9-11,16-17H2,1-4H3/b26-19+/t28-/m1/s1. The minimum atomic E-state index is -0.696. The Morgan fingerprint density at radius 1 is 1.15 bits per heavy atom. The van der Waals surface area contributed by atoms with Crippen molar-refractivity contribution in [3.05, 3.63) is 90.1 Å². The number of ether oxygens (including phenoxy) is 2. The number of para-hydroxylation sites is 1. The second-order valence-corrected chi connectivity index (χ2v) is 10.9. The Labute approximate surface area is 232 Å². The maximum absolute atomic E-state index is 14.0. The molecule has 0 spiro atoms. The number of rotatable bonds is 8. The maximum Gasteiger partial charge on any atom is 0.338 e. The first-order chi connectivity index (χ1) is 19.0. The smallest absolute Gasteiger partial charge is 0.338 e. The molecule has 5 rings (SSSR count). The Bertz CT molecular complexity index is 1590. The summed E-state index contributed by atoms with van der Waals surface area (Å²) in [5.74, 6) is 0.146. The Morgan fingerprint density at radius 3 is 2.62 bits per heavy atom. The van der Waals surface area contributed by atoms with Gasteiger partial charge in [0.25, 0.3) is 5.56 Å². The number of hydrogen-bond acceptors (Lipinski definition) is 7. The van der Waals surface area contributed by atoms with E-state index in [1.54, 1.807) is 18.6 Å². The van der Waals surface area contributed by atoms with Crippen molar-refractivity contribution in [1.82, 2.24) is 4.57 Å². The quantitative estimate of drug-likeness (QED) is 0.390. The minimum absolute atomic E-state index is 0.185. The molecule has 0 radical (unpaired) electrons. The van der Waals surface area contributed by atoms with Crippen LogP contribution < -0.4 is 24.5 Å². The highest BCUT2D eigenvalue weighted by atomic mass is 32.1. The van der Waals surface area contributed by atoms with Crippen molar-refractivity contribution in [2.24, 2.45) is 4.99 Å². The van der Waals surface area contributed by atoms with Gasteiger partial charge in [0.05, 0.1) is 29.5 Å². The second kappa shape index (κ2) is 11.6. The molecule has 0 saturated carbocycles. The van der Waals surface area contributed by atoms with Crippen LogP contribution in [0.2, 0.25) is 0 Å². The lowest BCUT2D eigenvalue weighted by Gasteiger charge is -2.26. The summed E-state index contributed by atoms with van der Waals surface area (Å²) in [5.41, 5.74) is 4.93. The number of esters is 1. The summed E-state index contributed by atoms with van der Waals surface area (Å²) in [6.07, 6.45) is 5.80. The van der Waals surface area contributed by atoms with Gasteiger partial charge < -0.3 is 14.4 Å². The zero-order valence-corrected chi connectivity index (χ0v) is 23.8. The molecule has 7 nitrogen and oxygen atoms in total. The molecule has 39 heavy (non-hydrogen) atoms. The van der Waals surface area contributed by atoms with E-state index in [1.165, 1.54) is 29.9 Å². The van der Waals surface area contributed by atoms with E-state index < -0.39 is 12.0 Å². The molecule has 2 aromatic carbocycles. The van der Waals surface area contributed by atoms with Gasteiger partial charge in [-0.25, -0.2) is 9.79 Å². The van der Waals surface area contributed by atoms with E-state index in [0.717, 1.165) is 36.2 Å². The van der Waals surface area contributed by atoms with E-state index in [4.69, 9.17) is 14.5 Å². The minimum Gasteiger partial charge on any atom is -0.496 e. The molecule has 0 amide bonds. The highest BCUT2D eigenvalue weighted by molar-refractivity contribution is 7.07. The van der Waals surface area contributed by atoms with Crippen molar-refractivity contribution in [3.63, 3.8) is 0 Å². The van der Waals surface area contributed by atoms with Crippen LogP contribution in [-0.4, -0.2) is 37.3 Å². The average molecular weight is 546 g/mol. The molecule has 1 saturated heterocycles. The Kier molecular flexibility index (Phi) is 8.02. The third-order valence-corrected chi connectivity index (χ3v) is 8.32. The van der Waals surface area contributed by atoms with Crippen molar-refractivity contribution < 1.29 is 14.3 Å². The molecule has 8 heteroatoms. The summed E-state index contributed by atoms with van der Waals surface area (Å²) >= 11 is 1.35. The van der Waals surface area contributed by atoms with Crippen LogP contribution in [-0.2, 0) is 9.53 Å². The number of nitrogens with zero attached hydrogens (tertiary/aromatic N) is 3. The van der Waals surface area contributed by atoms with Gasteiger partial charge in [-0.3, -0.25) is 9.36 Å². The highest BCUT2D eigenvalue weighted by Gasteiger charge is 2.35. The summed E-state index contributed by atoms with van der Waals surface area (Å²) < 4.78 is 13.4. The zero-order chi connectivity index (χ0) is 27.5. The summed E-state index contributed by atoms with van der Waals surface area (Å²) in [7, 11) is 1.60. The van der Waals surface area contributed by atoms with Crippen LogP contribution in [0.25, 0.3) is 6.08 Å². The van der Waals surface area contributed by atoms with E-state index in [-0.39, 0.29) is 12.2 Å². The molecule has 0 bridgehead atoms. The topological polar surface area (TPSA) is 73.1 Å². The van der Waals surface area contributed by atoms with Crippen LogP contribution in [0.5, 0.6) is 5.75 Å². The normalized spacial score (nSPS) is 17.3. The Balaban J connectivity index is 1.69. The molecule has 3 heterocycles. The van der Waals surface area contributed by atoms with Gasteiger partial charge in [0.1, 0.15) is 11.8 Å². The molecule has 0 N–H and O–H groups in total. The fourth-order valence-electron chi connectivity index (χ4n) is 5.44. The van der Waals surface area contributed by atoms with Crippen LogP contribution in [0.4, 0.5) is 5.69 Å². The lowest BCUT2D eigenvalue weighted by atomic mass is 9.93. The van der Waals surface area contributed by atoms with Crippen molar-refractivity contribution in [1.29, 1.82) is 0 Å². The fraction of sp³-hybridized carbons (Fsp3) is 0.387. The number of methoxy groups -OCH3 is 1. The molecule has 2 aliphatic heterocycles. The van der Waals surface area contributed by atoms with E-state index in [2.05, 4.69) is 30.0 Å². The van der Waals surface area contributed by atoms with Gasteiger partial charge in [0.2, 0.25) is 0 Å². The van der Waals surface area contributed by atoms with Crippen LogP contribution in [0.15, 0.2) is 63.5 Å². The maximum atomic E-state index is 14.0. The van der Waals surface area contributed by atoms with E-state index in [1.807, 2.05) is 37.3 Å². The lowest BCUT2D eigenvalue weighted by Crippen LogP contribution is -2.40. The number of benzene rings is 2. The second-order valence-electron chi connectivity index (χ2n) is 9.89. The summed E-state index contributed by atoms with van der Waals surface area (Å²) in [5, 5.41) is 0. The van der Waals surface area contributed by atoms with E-state index >= 15 is 0 Å². The number of carbonyl (C=O) groups is 1. The van der Waals surface area contributed by atoms with Crippen molar-refractivity contribution in [2.45, 2.75) is 52.5 Å². The molecule has 3 aromatic rings. The van der Waals surface area contributed by atoms with E-state index in [9.17, 15) is 9.59 Å². The Hall–Kier alpha value is -3.65. The van der Waals surface area contributed by atoms with Crippen LogP contribution >= 0.6 is 11.3 Å². The number of fused-ring (bicyclic) bond motifs is 1. The number of carbonyl (C=O) groups excluding carboxylic acids is 1. The van der Waals surface area contributed by atoms with Crippen LogP contribution in [0.1, 0.15) is 62.3 Å². The van der Waals surface area contributed by atoms with Gasteiger partial charge in [-0.05, 0) is 68.5 Å². The largest absolute Gasteiger partial charge is 0.496 e. The summed E-state index contributed by atoms with van der Waals surface area (Å²) in [6.45, 7) is 8.32. The number of anilines is 1. The molecule has 0 unspecified atom stereocenters. The third-order valence-electron chi connectivity index (χ3n) is 7.34. The van der Waals surface area contributed by atoms with Crippen LogP contribution in [0, 0.1) is 6.92 Å². The predicted molar refractivity (Wildman–Crippen MR) is 155 cm³/mol. The SMILES string of the molecule is CCCC1=C(C(=O)OCC)[C@@H](c2ccccc2OC)n2c(s/c(=C/c3ccc(N4CCCC4)cc3C)c2=O)=N1. The van der Waals surface area contributed by atoms with Crippen LogP contribution in [0.3, 0.4) is 0 Å². The molecule has 1 aromatic heterocycles. The molecule has 1 atom stereocenters. The molecular weight excluding hydrogens is 510 g/mol. The number of aromatic nitrogens is 1. The molecule has 1 fully saturated rings. The first-order valence-electron chi connectivity index (χ1n) is 13.7. The van der Waals surface area contributed by atoms with Gasteiger partial charge in [0, 0.05) is 24.3 Å². The first kappa shape index (κ1) is 26.9. The Morgan fingerprint density at radius 2 is 1.92 bits per heavy atom. The summed E-state index contributed by atoms with van der Waals surface area (Å²) in [4.78, 5) is 35.2. The number of allylic oxidation sites excluding steroid dienone is 1. The van der Waals surface area contributed by atoms with Crippen molar-refractivity contribution in [3.8, 4) is 5.75 Å². The van der Waals surface area contributed by atoms with Gasteiger partial charge in [0.15, 0.2) is 4.80 Å². The molecule has 2 aliphatic rings. The summed E-state index contributed by atoms with van der Waals surface area (Å²) in [6, 6.07) is 13.2. The van der Waals surface area contributed by atoms with Gasteiger partial charge in [-0.1, -0.05) is 48.9 Å². The molecule has 204 valence electrons. The van der Waals surface area contributed by atoms with Gasteiger partial charge in [-0.15, -0.1) is 0 Å². The average Bonchev–Trinajstić information content (AvgIpc) is 3.58. The monoisotopic (exact) mass is 545 g/mol. The lowest BCUT2D eigenvalue weighted by molar-refractivity contribution is -0.139. The zero-order valence-electron chi connectivity index (χ0n) is 23.0. The predicted octanol–water partition coefficient (Wildman–Crippen LogP) is 4.50. The highest BCUT2D eigenvalue weighted by Crippen LogP contribution is 2.36. The number of aryl methyl sites for hydroxylation is 1. The number of thiazole rings is 1. The van der Waals surface area contributed by atoms with Gasteiger partial charge >= 0.3 is 5.97 Å². The van der Waals surface area contributed by atoms with Crippen molar-refractivity contribution >= 4 is 29.1 Å². The number of hydrogen-bond donors (Lipinski definition) is 0. The molecular formula is C31H35N3O4S. The molecule has 0 aliphatic carbocycles. The van der Waals surface area contributed by atoms with Gasteiger partial charge in [-0.2, -0.15) is 0 Å². The van der Waals surface area contributed by atoms with E-state index in [0.29, 0.717) is 32.8 Å². The fourth-order valence-corrected chi connectivity index (χ4v) is 6.45.